The van der Waals surface area contributed by atoms with E-state index in [9.17, 15) is 14.4 Å². The van der Waals surface area contributed by atoms with E-state index in [1.165, 1.54) is 15.9 Å². The maximum absolute atomic E-state index is 13.9. The number of nitrogens with zero attached hydrogens (tertiary/aromatic N) is 3. The number of anilines is 1. The quantitative estimate of drug-likeness (QED) is 0.513. The van der Waals surface area contributed by atoms with Gasteiger partial charge >= 0.3 is 6.17 Å². The van der Waals surface area contributed by atoms with Crippen molar-refractivity contribution >= 4 is 29.5 Å². The van der Waals surface area contributed by atoms with E-state index in [1.54, 1.807) is 13.1 Å². The third kappa shape index (κ3) is 4.57. The van der Waals surface area contributed by atoms with Crippen molar-refractivity contribution in [3.63, 3.8) is 0 Å². The van der Waals surface area contributed by atoms with Crippen LogP contribution in [0.25, 0.3) is 10.9 Å². The van der Waals surface area contributed by atoms with Gasteiger partial charge in [-0.25, -0.2) is 6.57 Å². The predicted molar refractivity (Wildman–Crippen MR) is 135 cm³/mol. The van der Waals surface area contributed by atoms with Crippen molar-refractivity contribution in [2.24, 2.45) is 5.92 Å². The van der Waals surface area contributed by atoms with Crippen LogP contribution < -0.4 is 5.32 Å². The van der Waals surface area contributed by atoms with Crippen molar-refractivity contribution in [2.45, 2.75) is 44.3 Å². The highest BCUT2D eigenvalue weighted by Gasteiger charge is 2.59. The van der Waals surface area contributed by atoms with Crippen LogP contribution in [0.15, 0.2) is 60.7 Å². The predicted octanol–water partition coefficient (Wildman–Crippen LogP) is 3.94. The summed E-state index contributed by atoms with van der Waals surface area (Å²) in [5.74, 6) is -0.614. The fraction of sp³-hybridized carbons (Fsp3) is 0.357. The molecule has 35 heavy (non-hydrogen) atoms. The molecule has 0 bridgehead atoms. The van der Waals surface area contributed by atoms with E-state index in [1.807, 2.05) is 68.4 Å². The van der Waals surface area contributed by atoms with Crippen LogP contribution in [0.1, 0.15) is 37.8 Å². The summed E-state index contributed by atoms with van der Waals surface area (Å²) >= 11 is 0. The highest BCUT2D eigenvalue weighted by molar-refractivity contribution is 6.07. The first-order valence-electron chi connectivity index (χ1n) is 11.8. The molecule has 2 aromatic rings. The van der Waals surface area contributed by atoms with Crippen LogP contribution in [0.2, 0.25) is 0 Å². The maximum Gasteiger partial charge on any atom is 0.302 e. The van der Waals surface area contributed by atoms with Crippen LogP contribution in [0, 0.1) is 12.5 Å². The van der Waals surface area contributed by atoms with E-state index in [0.29, 0.717) is 6.42 Å². The normalized spacial score (nSPS) is 21.7. The first-order valence-corrected chi connectivity index (χ1v) is 11.8. The van der Waals surface area contributed by atoms with Crippen LogP contribution in [0.3, 0.4) is 0 Å². The summed E-state index contributed by atoms with van der Waals surface area (Å²) in [4.78, 5) is 46.6. The number of nitrogens with one attached hydrogen (secondary N) is 1. The summed E-state index contributed by atoms with van der Waals surface area (Å²) in [7, 11) is 1.62. The molecular formula is C28H30N4O3. The summed E-state index contributed by atoms with van der Waals surface area (Å²) in [6.45, 7) is 11.9. The Labute approximate surface area is 206 Å². The number of benzene rings is 2. The molecule has 0 radical (unpaired) electrons. The third-order valence-corrected chi connectivity index (χ3v) is 6.90. The minimum absolute atomic E-state index is 0.123. The molecule has 4 rings (SSSR count). The molecule has 1 spiro atoms. The number of carbonyl (C=O) groups excluding carboxylic acids is 3. The lowest BCUT2D eigenvalue weighted by atomic mass is 9.80. The average Bonchev–Trinajstić information content (AvgIpc) is 3.39. The number of rotatable bonds is 6. The Morgan fingerprint density at radius 1 is 1.20 bits per heavy atom. The van der Waals surface area contributed by atoms with Gasteiger partial charge in [0.25, 0.3) is 5.91 Å². The Morgan fingerprint density at radius 3 is 2.57 bits per heavy atom. The smallest absolute Gasteiger partial charge is 0.302 e. The van der Waals surface area contributed by atoms with E-state index in [2.05, 4.69) is 10.2 Å². The second kappa shape index (κ2) is 9.75. The van der Waals surface area contributed by atoms with Gasteiger partial charge < -0.3 is 10.2 Å². The van der Waals surface area contributed by atoms with Gasteiger partial charge in [0.2, 0.25) is 11.8 Å². The second-order valence-corrected chi connectivity index (χ2v) is 9.70. The molecule has 0 aromatic heterocycles. The van der Waals surface area contributed by atoms with Crippen LogP contribution in [-0.2, 0) is 19.8 Å². The van der Waals surface area contributed by atoms with E-state index >= 15 is 0 Å². The van der Waals surface area contributed by atoms with Gasteiger partial charge in [0.15, 0.2) is 0 Å². The van der Waals surface area contributed by atoms with E-state index < -0.39 is 17.6 Å². The molecular weight excluding hydrogens is 440 g/mol. The average molecular weight is 471 g/mol. The maximum atomic E-state index is 13.9. The molecule has 2 aliphatic heterocycles. The fourth-order valence-electron chi connectivity index (χ4n) is 5.02. The number of hydrogen-bond donors (Lipinski definition) is 1. The number of carbonyl (C=O) groups is 3. The summed E-state index contributed by atoms with van der Waals surface area (Å²) in [5, 5.41) is 2.92. The number of fused-ring (bicyclic) bond motifs is 2. The van der Waals surface area contributed by atoms with Gasteiger partial charge in [-0.2, -0.15) is 0 Å². The molecule has 180 valence electrons. The van der Waals surface area contributed by atoms with Crippen LogP contribution in [-0.4, -0.2) is 53.3 Å². The van der Waals surface area contributed by atoms with Crippen molar-refractivity contribution in [1.29, 1.82) is 0 Å². The van der Waals surface area contributed by atoms with Crippen LogP contribution in [0.4, 0.5) is 5.69 Å². The van der Waals surface area contributed by atoms with Gasteiger partial charge in [0.1, 0.15) is 11.5 Å². The van der Waals surface area contributed by atoms with Crippen molar-refractivity contribution in [3.8, 4) is 0 Å². The zero-order chi connectivity index (χ0) is 25.2. The van der Waals surface area contributed by atoms with Crippen molar-refractivity contribution in [3.05, 3.63) is 83.2 Å². The van der Waals surface area contributed by atoms with Gasteiger partial charge in [-0.3, -0.25) is 24.1 Å². The third-order valence-electron chi connectivity index (χ3n) is 6.90. The molecule has 1 fully saturated rings. The molecule has 2 heterocycles. The molecule has 7 nitrogen and oxygen atoms in total. The Kier molecular flexibility index (Phi) is 6.74. The lowest BCUT2D eigenvalue weighted by Crippen LogP contribution is -2.51. The lowest BCUT2D eigenvalue weighted by molar-refractivity contribution is -0.143. The highest BCUT2D eigenvalue weighted by Crippen LogP contribution is 2.46. The number of hydrogen-bond acceptors (Lipinski definition) is 3. The van der Waals surface area contributed by atoms with Gasteiger partial charge in [0, 0.05) is 25.4 Å². The highest BCUT2D eigenvalue weighted by atomic mass is 16.2. The van der Waals surface area contributed by atoms with Crippen molar-refractivity contribution in [1.82, 2.24) is 9.80 Å². The van der Waals surface area contributed by atoms with Crippen molar-refractivity contribution in [2.75, 3.05) is 18.9 Å². The Balaban J connectivity index is 1.60. The number of amides is 3. The zero-order valence-corrected chi connectivity index (χ0v) is 20.3. The molecule has 7 heteroatoms. The van der Waals surface area contributed by atoms with Crippen LogP contribution in [0.5, 0.6) is 0 Å². The molecule has 3 amide bonds. The molecule has 2 aliphatic rings. The lowest BCUT2D eigenvalue weighted by Gasteiger charge is -2.31. The fourth-order valence-corrected chi connectivity index (χ4v) is 5.02. The standard InChI is InChI=1S/C28H30N4O3/c1-19(2)16-23(31(4)25(33)15-14-20-10-6-5-7-11-20)26(34)32-18-28(17-24(32)29-3)21-12-8-9-13-22(21)30-27(28)35/h5-15,19,23-24H,16-18H2,1-2,4H3,(H,30,35)/b15-14+/t23-,24-,28-/m0/s1. The zero-order valence-electron chi connectivity index (χ0n) is 20.3. The molecule has 1 N–H and O–H groups in total. The molecule has 0 aliphatic carbocycles. The first-order chi connectivity index (χ1) is 16.8. The molecule has 2 aromatic carbocycles. The number of para-hydroxylation sites is 1. The first kappa shape index (κ1) is 24.2. The Hall–Kier alpha value is -3.92. The van der Waals surface area contributed by atoms with Gasteiger partial charge in [-0.15, -0.1) is 0 Å². The minimum Gasteiger partial charge on any atom is -0.330 e. The topological polar surface area (TPSA) is 74.1 Å². The number of likely N-dealkylation sites (tertiary alicyclic amines) is 1. The SMILES string of the molecule is [C-]#[N+][C@@H]1C[C@@]2(CN1C(=O)[C@H](CC(C)C)N(C)C(=O)/C=C/c1ccccc1)C(=O)Nc1ccccc12. The summed E-state index contributed by atoms with van der Waals surface area (Å²) < 4.78 is 0. The van der Waals surface area contributed by atoms with Gasteiger partial charge in [-0.05, 0) is 35.6 Å². The van der Waals surface area contributed by atoms with Crippen molar-refractivity contribution < 1.29 is 14.4 Å². The van der Waals surface area contributed by atoms with Gasteiger partial charge in [-0.1, -0.05) is 62.4 Å². The van der Waals surface area contributed by atoms with Gasteiger partial charge in [0.05, 0.1) is 6.42 Å². The molecule has 0 saturated carbocycles. The second-order valence-electron chi connectivity index (χ2n) is 9.70. The van der Waals surface area contributed by atoms with E-state index in [0.717, 1.165) is 16.8 Å². The largest absolute Gasteiger partial charge is 0.330 e. The summed E-state index contributed by atoms with van der Waals surface area (Å²) in [5.41, 5.74) is 1.50. The Morgan fingerprint density at radius 2 is 1.89 bits per heavy atom. The monoisotopic (exact) mass is 470 g/mol. The Bertz CT molecular complexity index is 1200. The molecule has 1 saturated heterocycles. The van der Waals surface area contributed by atoms with E-state index in [-0.39, 0.29) is 36.6 Å². The van der Waals surface area contributed by atoms with E-state index in [4.69, 9.17) is 6.57 Å². The summed E-state index contributed by atoms with van der Waals surface area (Å²) in [6, 6.07) is 16.2. The summed E-state index contributed by atoms with van der Waals surface area (Å²) in [6.07, 6.45) is 3.12. The number of likely N-dealkylation sites (N-methyl/N-ethyl adjacent to an activating group) is 1. The minimum atomic E-state index is -0.945. The van der Waals surface area contributed by atoms with Crippen LogP contribution >= 0.6 is 0 Å². The molecule has 0 unspecified atom stereocenters. The molecule has 3 atom stereocenters.